The lowest BCUT2D eigenvalue weighted by molar-refractivity contribution is -0.334. The highest BCUT2D eigenvalue weighted by molar-refractivity contribution is 4.41. The fourth-order valence-electron chi connectivity index (χ4n) is 1.50. The first-order chi connectivity index (χ1) is 11.4. The Morgan fingerprint density at radius 2 is 1.13 bits per heavy atom. The molecule has 0 fully saturated rings. The van der Waals surface area contributed by atoms with Gasteiger partial charge in [0.15, 0.2) is 6.79 Å². The van der Waals surface area contributed by atoms with Crippen molar-refractivity contribution in [3.8, 4) is 0 Å². The van der Waals surface area contributed by atoms with E-state index in [-0.39, 0.29) is 6.79 Å². The molecule has 2 N–H and O–H groups in total. The quantitative estimate of drug-likeness (QED) is 0.150. The molecule has 0 heterocycles. The molecule has 140 valence electrons. The highest BCUT2D eigenvalue weighted by Gasteiger charge is 1.94. The first-order valence-electron chi connectivity index (χ1n) is 8.16. The van der Waals surface area contributed by atoms with E-state index in [0.717, 1.165) is 25.9 Å². The van der Waals surface area contributed by atoms with Gasteiger partial charge in [0, 0.05) is 26.9 Å². The van der Waals surface area contributed by atoms with Crippen molar-refractivity contribution in [1.29, 1.82) is 0 Å². The monoisotopic (exact) mass is 339 g/mol. The van der Waals surface area contributed by atoms with E-state index < -0.39 is 0 Å². The van der Waals surface area contributed by atoms with Gasteiger partial charge in [0.1, 0.15) is 0 Å². The third-order valence-electron chi connectivity index (χ3n) is 2.67. The summed E-state index contributed by atoms with van der Waals surface area (Å²) in [6, 6.07) is 0. The van der Waals surface area contributed by atoms with Crippen LogP contribution < -0.4 is 5.73 Å². The van der Waals surface area contributed by atoms with Gasteiger partial charge in [-0.1, -0.05) is 0 Å². The number of unbranched alkanes of at least 4 members (excludes halogenated alkanes) is 2. The van der Waals surface area contributed by atoms with Crippen molar-refractivity contribution in [2.45, 2.75) is 19.3 Å². The van der Waals surface area contributed by atoms with Crippen molar-refractivity contribution < 1.29 is 33.5 Å². The minimum Gasteiger partial charge on any atom is -0.382 e. The van der Waals surface area contributed by atoms with E-state index in [2.05, 4.69) is 0 Å². The van der Waals surface area contributed by atoms with Crippen LogP contribution >= 0.6 is 0 Å². The van der Waals surface area contributed by atoms with Crippen molar-refractivity contribution in [1.82, 2.24) is 0 Å². The Morgan fingerprint density at radius 1 is 0.565 bits per heavy atom. The van der Waals surface area contributed by atoms with Crippen molar-refractivity contribution in [3.05, 3.63) is 0 Å². The average Bonchev–Trinajstić information content (AvgIpc) is 2.57. The summed E-state index contributed by atoms with van der Waals surface area (Å²) in [6.45, 7) is 5.95. The van der Waals surface area contributed by atoms with Crippen molar-refractivity contribution >= 4 is 0 Å². The predicted molar refractivity (Wildman–Crippen MR) is 85.1 cm³/mol. The number of rotatable bonds is 20. The molecule has 0 spiro atoms. The first kappa shape index (κ1) is 22.7. The van der Waals surface area contributed by atoms with Gasteiger partial charge in [0.2, 0.25) is 0 Å². The molecule has 23 heavy (non-hydrogen) atoms. The zero-order valence-corrected chi connectivity index (χ0v) is 14.3. The van der Waals surface area contributed by atoms with Crippen LogP contribution in [0.2, 0.25) is 0 Å². The van der Waals surface area contributed by atoms with Crippen LogP contribution in [0.25, 0.3) is 0 Å². The number of methoxy groups -OCH3 is 1. The molecule has 0 saturated carbocycles. The lowest BCUT2D eigenvalue weighted by Gasteiger charge is -2.07. The highest BCUT2D eigenvalue weighted by Crippen LogP contribution is 1.97. The Balaban J connectivity index is 2.92. The molecule has 0 aliphatic carbocycles. The van der Waals surface area contributed by atoms with Crippen LogP contribution in [0.5, 0.6) is 0 Å². The van der Waals surface area contributed by atoms with Gasteiger partial charge < -0.3 is 29.4 Å². The molecule has 0 aromatic heterocycles. The smallest absolute Gasteiger partial charge is 0.180 e. The van der Waals surface area contributed by atoms with Crippen molar-refractivity contribution in [3.63, 3.8) is 0 Å². The second-order valence-electron chi connectivity index (χ2n) is 4.65. The van der Waals surface area contributed by atoms with Gasteiger partial charge in [0.05, 0.1) is 46.2 Å². The molecule has 0 radical (unpaired) electrons. The summed E-state index contributed by atoms with van der Waals surface area (Å²) in [7, 11) is 1.65. The van der Waals surface area contributed by atoms with Crippen molar-refractivity contribution in [2.24, 2.45) is 5.73 Å². The lowest BCUT2D eigenvalue weighted by Crippen LogP contribution is -2.11. The fourth-order valence-corrected chi connectivity index (χ4v) is 1.50. The Hall–Kier alpha value is -0.320. The largest absolute Gasteiger partial charge is 0.382 e. The third kappa shape index (κ3) is 21.7. The summed E-state index contributed by atoms with van der Waals surface area (Å²) in [6.07, 6.45) is 3.03. The molecule has 0 aliphatic heterocycles. The number of ether oxygens (including phenoxy) is 5. The number of hydrogen-bond acceptors (Lipinski definition) is 8. The van der Waals surface area contributed by atoms with Crippen LogP contribution in [0.4, 0.5) is 0 Å². The number of hydrogen-bond donors (Lipinski definition) is 1. The molecular weight excluding hydrogens is 306 g/mol. The average molecular weight is 339 g/mol. The summed E-state index contributed by atoms with van der Waals surface area (Å²) in [4.78, 5) is 9.45. The van der Waals surface area contributed by atoms with Gasteiger partial charge in [0.25, 0.3) is 0 Å². The summed E-state index contributed by atoms with van der Waals surface area (Å²) in [5.74, 6) is 0. The molecule has 8 heteroatoms. The van der Waals surface area contributed by atoms with E-state index in [1.165, 1.54) is 0 Å². The summed E-state index contributed by atoms with van der Waals surface area (Å²) >= 11 is 0. The molecule has 8 nitrogen and oxygen atoms in total. The van der Waals surface area contributed by atoms with Gasteiger partial charge in [-0.15, -0.1) is 0 Å². The van der Waals surface area contributed by atoms with Gasteiger partial charge in [-0.05, 0) is 19.3 Å². The molecule has 0 rings (SSSR count). The van der Waals surface area contributed by atoms with E-state index in [0.29, 0.717) is 59.4 Å². The second-order valence-corrected chi connectivity index (χ2v) is 4.65. The molecular formula is C15H33NO7. The van der Waals surface area contributed by atoms with Gasteiger partial charge in [-0.3, -0.25) is 0 Å². The molecule has 0 bridgehead atoms. The van der Waals surface area contributed by atoms with Crippen molar-refractivity contribution in [2.75, 3.05) is 79.9 Å². The van der Waals surface area contributed by atoms with Crippen LogP contribution in [0.1, 0.15) is 19.3 Å². The Labute approximate surface area is 139 Å². The molecule has 0 saturated heterocycles. The molecule has 0 aromatic rings. The van der Waals surface area contributed by atoms with Crippen LogP contribution in [-0.4, -0.2) is 79.9 Å². The van der Waals surface area contributed by atoms with Crippen LogP contribution in [0.3, 0.4) is 0 Å². The van der Waals surface area contributed by atoms with Crippen LogP contribution in [0.15, 0.2) is 0 Å². The molecule has 0 unspecified atom stereocenters. The van der Waals surface area contributed by atoms with E-state index in [1.54, 1.807) is 7.11 Å². The Kier molecular flexibility index (Phi) is 21.4. The van der Waals surface area contributed by atoms with Crippen LogP contribution in [-0.2, 0) is 33.5 Å². The lowest BCUT2D eigenvalue weighted by atomic mass is 10.2. The normalized spacial score (nSPS) is 11.2. The molecule has 0 aromatic carbocycles. The predicted octanol–water partition coefficient (Wildman–Crippen LogP) is 0.734. The fraction of sp³-hybridized carbons (Fsp3) is 1.00. The third-order valence-corrected chi connectivity index (χ3v) is 2.67. The molecule has 0 atom stereocenters. The maximum absolute atomic E-state index is 5.47. The Morgan fingerprint density at radius 3 is 1.74 bits per heavy atom. The second kappa shape index (κ2) is 21.7. The van der Waals surface area contributed by atoms with Gasteiger partial charge >= 0.3 is 0 Å². The maximum Gasteiger partial charge on any atom is 0.180 e. The zero-order valence-electron chi connectivity index (χ0n) is 14.3. The van der Waals surface area contributed by atoms with Gasteiger partial charge in [-0.25, -0.2) is 9.78 Å². The molecule has 0 aliphatic rings. The summed E-state index contributed by atoms with van der Waals surface area (Å²) in [5, 5.41) is 0. The van der Waals surface area contributed by atoms with E-state index >= 15 is 0 Å². The summed E-state index contributed by atoms with van der Waals surface area (Å²) < 4.78 is 26.2. The SMILES string of the molecule is COCCOCCOCCOCCCCCOCOOCCN. The van der Waals surface area contributed by atoms with Gasteiger partial charge in [-0.2, -0.15) is 0 Å². The highest BCUT2D eigenvalue weighted by atomic mass is 17.2. The Bertz CT molecular complexity index is 190. The zero-order chi connectivity index (χ0) is 16.8. The minimum atomic E-state index is 0.142. The minimum absolute atomic E-state index is 0.142. The van der Waals surface area contributed by atoms with Crippen LogP contribution in [0, 0.1) is 0 Å². The first-order valence-corrected chi connectivity index (χ1v) is 8.16. The maximum atomic E-state index is 5.47. The molecule has 0 amide bonds. The standard InChI is InChI=1S/C15H33NO7/c1-17-9-10-19-13-14-20-12-11-18-6-3-2-4-7-21-15-23-22-8-5-16/h2-16H2,1H3. The topological polar surface area (TPSA) is 90.6 Å². The van der Waals surface area contributed by atoms with E-state index in [4.69, 9.17) is 39.2 Å². The summed E-state index contributed by atoms with van der Waals surface area (Å²) in [5.41, 5.74) is 5.23. The number of nitrogens with two attached hydrogens (primary N) is 1. The van der Waals surface area contributed by atoms with E-state index in [9.17, 15) is 0 Å². The van der Waals surface area contributed by atoms with E-state index in [1.807, 2.05) is 0 Å².